The van der Waals surface area contributed by atoms with Gasteiger partial charge >= 0.3 is 0 Å². The van der Waals surface area contributed by atoms with Crippen molar-refractivity contribution in [1.82, 2.24) is 19.8 Å². The van der Waals surface area contributed by atoms with E-state index >= 15 is 0 Å². The molecular weight excluding hydrogens is 352 g/mol. The first kappa shape index (κ1) is 19.1. The van der Waals surface area contributed by atoms with Crippen molar-refractivity contribution in [2.75, 3.05) is 46.2 Å². The predicted octanol–water partition coefficient (Wildman–Crippen LogP) is 1.69. The van der Waals surface area contributed by atoms with Crippen LogP contribution in [0.1, 0.15) is 36.0 Å². The van der Waals surface area contributed by atoms with E-state index in [0.29, 0.717) is 36.8 Å². The molecule has 0 unspecified atom stereocenters. The lowest BCUT2D eigenvalue weighted by atomic mass is 9.77. The molecule has 2 saturated heterocycles. The third-order valence-electron chi connectivity index (χ3n) is 5.35. The highest BCUT2D eigenvalue weighted by Gasteiger charge is 2.45. The number of carbonyl (C=O) groups is 2. The maximum atomic E-state index is 12.7. The van der Waals surface area contributed by atoms with Crippen LogP contribution in [-0.2, 0) is 9.53 Å². The van der Waals surface area contributed by atoms with Gasteiger partial charge in [-0.15, -0.1) is 0 Å². The Labute approximate surface area is 158 Å². The Balaban J connectivity index is 1.55. The second-order valence-corrected chi connectivity index (χ2v) is 7.86. The number of carbonyl (C=O) groups excluding carboxylic acids is 2. The van der Waals surface area contributed by atoms with Crippen molar-refractivity contribution in [3.05, 3.63) is 18.0 Å². The molecule has 0 atom stereocenters. The summed E-state index contributed by atoms with van der Waals surface area (Å²) in [7, 11) is 1.68. The van der Waals surface area contributed by atoms with E-state index in [9.17, 15) is 9.59 Å². The molecule has 8 heteroatoms. The van der Waals surface area contributed by atoms with Crippen LogP contribution in [0.25, 0.3) is 0 Å². The van der Waals surface area contributed by atoms with Crippen molar-refractivity contribution in [1.29, 1.82) is 0 Å². The van der Waals surface area contributed by atoms with E-state index < -0.39 is 0 Å². The molecule has 0 radical (unpaired) electrons. The third-order valence-corrected chi connectivity index (χ3v) is 5.93. The molecule has 0 saturated carbocycles. The molecule has 0 bridgehead atoms. The van der Waals surface area contributed by atoms with E-state index in [1.54, 1.807) is 19.5 Å². The van der Waals surface area contributed by atoms with Crippen molar-refractivity contribution in [3.8, 4) is 0 Å². The zero-order chi connectivity index (χ0) is 18.6. The van der Waals surface area contributed by atoms with Gasteiger partial charge in [0.2, 0.25) is 5.91 Å². The third kappa shape index (κ3) is 4.17. The molecule has 3 rings (SSSR count). The fourth-order valence-electron chi connectivity index (χ4n) is 3.82. The summed E-state index contributed by atoms with van der Waals surface area (Å²) in [5.74, 6) is 0.218. The van der Waals surface area contributed by atoms with Crippen LogP contribution in [-0.4, -0.2) is 77.7 Å². The first-order valence-electron chi connectivity index (χ1n) is 8.99. The molecule has 2 aliphatic heterocycles. The van der Waals surface area contributed by atoms with Gasteiger partial charge in [-0.3, -0.25) is 9.59 Å². The van der Waals surface area contributed by atoms with Crippen LogP contribution in [0.5, 0.6) is 0 Å². The van der Waals surface area contributed by atoms with E-state index in [1.165, 1.54) is 11.8 Å². The number of methoxy groups -OCH3 is 1. The van der Waals surface area contributed by atoms with Gasteiger partial charge in [0.1, 0.15) is 0 Å². The van der Waals surface area contributed by atoms with Crippen molar-refractivity contribution in [2.45, 2.75) is 30.8 Å². The number of nitrogens with zero attached hydrogens (tertiary/aromatic N) is 4. The first-order chi connectivity index (χ1) is 12.6. The Bertz CT molecular complexity index is 644. The predicted molar refractivity (Wildman–Crippen MR) is 99.1 cm³/mol. The van der Waals surface area contributed by atoms with Crippen LogP contribution in [0, 0.1) is 5.41 Å². The second kappa shape index (κ2) is 8.35. The van der Waals surface area contributed by atoms with Crippen LogP contribution >= 0.6 is 11.8 Å². The van der Waals surface area contributed by atoms with Crippen LogP contribution in [0.4, 0.5) is 0 Å². The topological polar surface area (TPSA) is 75.6 Å². The number of rotatable bonds is 6. The highest BCUT2D eigenvalue weighted by atomic mass is 32.2. The van der Waals surface area contributed by atoms with Gasteiger partial charge in [-0.05, 0) is 25.5 Å². The van der Waals surface area contributed by atoms with Crippen LogP contribution in [0.2, 0.25) is 0 Å². The maximum Gasteiger partial charge on any atom is 0.256 e. The van der Waals surface area contributed by atoms with Gasteiger partial charge in [0, 0.05) is 64.1 Å². The summed E-state index contributed by atoms with van der Waals surface area (Å²) in [5.41, 5.74) is 0.558. The summed E-state index contributed by atoms with van der Waals surface area (Å²) in [6.07, 6.45) is 8.32. The molecule has 0 aromatic carbocycles. The molecule has 0 N–H and O–H groups in total. The summed E-state index contributed by atoms with van der Waals surface area (Å²) in [6, 6.07) is 0. The molecule has 1 spiro atoms. The van der Waals surface area contributed by atoms with E-state index in [4.69, 9.17) is 4.74 Å². The van der Waals surface area contributed by atoms with Crippen LogP contribution in [0.15, 0.2) is 17.6 Å². The summed E-state index contributed by atoms with van der Waals surface area (Å²) >= 11 is 1.45. The fraction of sp³-hybridized carbons (Fsp3) is 0.667. The van der Waals surface area contributed by atoms with Gasteiger partial charge in [0.05, 0.1) is 5.56 Å². The molecule has 7 nitrogen and oxygen atoms in total. The number of likely N-dealkylation sites (tertiary alicyclic amines) is 2. The summed E-state index contributed by atoms with van der Waals surface area (Å²) in [5, 5.41) is 0.664. The molecule has 2 amide bonds. The van der Waals surface area contributed by atoms with E-state index in [2.05, 4.69) is 9.97 Å². The summed E-state index contributed by atoms with van der Waals surface area (Å²) in [6.45, 7) is 3.61. The Kier molecular flexibility index (Phi) is 6.13. The molecule has 26 heavy (non-hydrogen) atoms. The Morgan fingerprint density at radius 1 is 1.31 bits per heavy atom. The minimum absolute atomic E-state index is 0.0197. The summed E-state index contributed by atoms with van der Waals surface area (Å²) < 4.78 is 5.08. The molecule has 142 valence electrons. The van der Waals surface area contributed by atoms with Gasteiger partial charge in [-0.25, -0.2) is 9.97 Å². The Hall–Kier alpha value is -1.67. The van der Waals surface area contributed by atoms with Gasteiger partial charge in [0.15, 0.2) is 5.16 Å². The minimum atomic E-state index is -0.0197. The van der Waals surface area contributed by atoms with Crippen molar-refractivity contribution in [3.63, 3.8) is 0 Å². The number of hydrogen-bond acceptors (Lipinski definition) is 6. The zero-order valence-corrected chi connectivity index (χ0v) is 16.3. The van der Waals surface area contributed by atoms with E-state index in [-0.39, 0.29) is 17.2 Å². The summed E-state index contributed by atoms with van der Waals surface area (Å²) in [4.78, 5) is 37.2. The standard InChI is InChI=1S/C18H26N4O3S/c1-25-9-3-6-22-13-18(10-15(22)23)4-7-21(8-5-18)16(24)14-11-19-17(26-2)20-12-14/h11-12H,3-10,13H2,1-2H3. The molecular formula is C18H26N4O3S. The average molecular weight is 378 g/mol. The quantitative estimate of drug-likeness (QED) is 0.426. The SMILES string of the molecule is COCCCN1CC2(CCN(C(=O)c3cnc(SC)nc3)CC2)CC1=O. The molecule has 1 aromatic rings. The van der Waals surface area contributed by atoms with E-state index in [1.807, 2.05) is 16.1 Å². The molecule has 0 aliphatic carbocycles. The fourth-order valence-corrected chi connectivity index (χ4v) is 4.13. The minimum Gasteiger partial charge on any atom is -0.385 e. The lowest BCUT2D eigenvalue weighted by molar-refractivity contribution is -0.128. The largest absolute Gasteiger partial charge is 0.385 e. The number of thioether (sulfide) groups is 1. The first-order valence-corrected chi connectivity index (χ1v) is 10.2. The van der Waals surface area contributed by atoms with E-state index in [0.717, 1.165) is 32.4 Å². The number of aromatic nitrogens is 2. The lowest BCUT2D eigenvalue weighted by Gasteiger charge is -2.38. The van der Waals surface area contributed by atoms with Crippen LogP contribution in [0.3, 0.4) is 0 Å². The van der Waals surface area contributed by atoms with Gasteiger partial charge in [0.25, 0.3) is 5.91 Å². The highest BCUT2D eigenvalue weighted by Crippen LogP contribution is 2.41. The number of hydrogen-bond donors (Lipinski definition) is 0. The maximum absolute atomic E-state index is 12.7. The smallest absolute Gasteiger partial charge is 0.256 e. The highest BCUT2D eigenvalue weighted by molar-refractivity contribution is 7.98. The molecule has 2 aliphatic rings. The normalized spacial score (nSPS) is 19.4. The van der Waals surface area contributed by atoms with Crippen molar-refractivity contribution >= 4 is 23.6 Å². The van der Waals surface area contributed by atoms with Gasteiger partial charge < -0.3 is 14.5 Å². The molecule has 3 heterocycles. The lowest BCUT2D eigenvalue weighted by Crippen LogP contribution is -2.44. The number of ether oxygens (including phenoxy) is 1. The van der Waals surface area contributed by atoms with Crippen LogP contribution < -0.4 is 0 Å². The van der Waals surface area contributed by atoms with Crippen molar-refractivity contribution in [2.24, 2.45) is 5.41 Å². The monoisotopic (exact) mass is 378 g/mol. The average Bonchev–Trinajstić information content (AvgIpc) is 2.97. The second-order valence-electron chi connectivity index (χ2n) is 7.09. The van der Waals surface area contributed by atoms with Gasteiger partial charge in [-0.2, -0.15) is 0 Å². The number of piperidine rings is 1. The Morgan fingerprint density at radius 2 is 2.00 bits per heavy atom. The molecule has 2 fully saturated rings. The van der Waals surface area contributed by atoms with Crippen molar-refractivity contribution < 1.29 is 14.3 Å². The zero-order valence-electron chi connectivity index (χ0n) is 15.4. The van der Waals surface area contributed by atoms with Gasteiger partial charge in [-0.1, -0.05) is 11.8 Å². The number of amides is 2. The Morgan fingerprint density at radius 3 is 2.62 bits per heavy atom. The molecule has 1 aromatic heterocycles.